The van der Waals surface area contributed by atoms with Crippen LogP contribution >= 0.6 is 0 Å². The van der Waals surface area contributed by atoms with Crippen molar-refractivity contribution < 1.29 is 18.3 Å². The molecule has 0 N–H and O–H groups in total. The van der Waals surface area contributed by atoms with Gasteiger partial charge in [-0.1, -0.05) is 6.92 Å². The molecule has 0 atom stereocenters. The highest BCUT2D eigenvalue weighted by molar-refractivity contribution is 6.06. The third kappa shape index (κ3) is 2.05. The molecule has 3 rings (SSSR count). The first-order valence-electron chi connectivity index (χ1n) is 6.81. The Balaban J connectivity index is 2.50. The number of fused-ring (bicyclic) bond motifs is 2. The summed E-state index contributed by atoms with van der Waals surface area (Å²) in [4.78, 5) is 12.4. The first-order valence-corrected chi connectivity index (χ1v) is 6.81. The normalized spacial score (nSPS) is 11.2. The molecule has 1 aromatic carbocycles. The second-order valence-electron chi connectivity index (χ2n) is 4.80. The Bertz CT molecular complexity index is 856. The van der Waals surface area contributed by atoms with Crippen LogP contribution in [0.5, 0.6) is 11.5 Å². The molecule has 0 saturated heterocycles. The number of furan rings is 1. The van der Waals surface area contributed by atoms with Gasteiger partial charge < -0.3 is 18.3 Å². The highest BCUT2D eigenvalue weighted by Crippen LogP contribution is 2.42. The van der Waals surface area contributed by atoms with Gasteiger partial charge in [0.15, 0.2) is 16.6 Å². The summed E-state index contributed by atoms with van der Waals surface area (Å²) >= 11 is 0. The van der Waals surface area contributed by atoms with Crippen LogP contribution in [0.3, 0.4) is 0 Å². The van der Waals surface area contributed by atoms with Crippen molar-refractivity contribution in [2.45, 2.75) is 20.3 Å². The van der Waals surface area contributed by atoms with Gasteiger partial charge in [0.25, 0.3) is 0 Å². The number of aryl methyl sites for hydroxylation is 1. The average molecular weight is 288 g/mol. The van der Waals surface area contributed by atoms with E-state index in [2.05, 4.69) is 0 Å². The summed E-state index contributed by atoms with van der Waals surface area (Å²) in [7, 11) is 1.52. The van der Waals surface area contributed by atoms with Crippen molar-refractivity contribution in [2.24, 2.45) is 0 Å². The Kier molecular flexibility index (Phi) is 3.33. The summed E-state index contributed by atoms with van der Waals surface area (Å²) in [6.45, 7) is 4.24. The van der Waals surface area contributed by atoms with E-state index in [1.165, 1.54) is 13.2 Å². The van der Waals surface area contributed by atoms with E-state index in [0.717, 1.165) is 6.42 Å². The Morgan fingerprint density at radius 1 is 1.24 bits per heavy atom. The smallest absolute Gasteiger partial charge is 0.206 e. The molecule has 2 heterocycles. The molecule has 0 spiro atoms. The fourth-order valence-electron chi connectivity index (χ4n) is 2.43. The zero-order valence-corrected chi connectivity index (χ0v) is 12.2. The number of ether oxygens (including phenoxy) is 2. The minimum atomic E-state index is -0.152. The van der Waals surface area contributed by atoms with Crippen LogP contribution < -0.4 is 14.9 Å². The Morgan fingerprint density at radius 3 is 2.76 bits per heavy atom. The lowest BCUT2D eigenvalue weighted by atomic mass is 10.1. The largest absolute Gasteiger partial charge is 0.492 e. The minimum absolute atomic E-state index is 0.152. The molecule has 0 amide bonds. The van der Waals surface area contributed by atoms with E-state index < -0.39 is 0 Å². The van der Waals surface area contributed by atoms with E-state index in [-0.39, 0.29) is 5.43 Å². The molecule has 0 aliphatic carbocycles. The highest BCUT2D eigenvalue weighted by Gasteiger charge is 2.22. The molecule has 2 aromatic heterocycles. The predicted molar refractivity (Wildman–Crippen MR) is 79.3 cm³/mol. The molecular formula is C16H16O5. The Hall–Kier alpha value is -2.43. The average Bonchev–Trinajstić information content (AvgIpc) is 2.92. The van der Waals surface area contributed by atoms with Crippen LogP contribution in [0.25, 0.3) is 21.9 Å². The van der Waals surface area contributed by atoms with Crippen LogP contribution in [0.2, 0.25) is 0 Å². The van der Waals surface area contributed by atoms with Crippen molar-refractivity contribution in [1.82, 2.24) is 0 Å². The minimum Gasteiger partial charge on any atom is -0.492 e. The Labute approximate surface area is 121 Å². The molecule has 0 aliphatic rings. The van der Waals surface area contributed by atoms with Crippen LogP contribution in [-0.4, -0.2) is 13.7 Å². The molecule has 0 bridgehead atoms. The van der Waals surface area contributed by atoms with Gasteiger partial charge in [-0.05, 0) is 19.4 Å². The molecule has 0 unspecified atom stereocenters. The lowest BCUT2D eigenvalue weighted by Gasteiger charge is -2.12. The van der Waals surface area contributed by atoms with E-state index in [1.54, 1.807) is 19.3 Å². The first kappa shape index (κ1) is 13.5. The van der Waals surface area contributed by atoms with E-state index in [9.17, 15) is 4.79 Å². The third-order valence-corrected chi connectivity index (χ3v) is 3.27. The van der Waals surface area contributed by atoms with Crippen LogP contribution in [0.15, 0.2) is 32.0 Å². The summed E-state index contributed by atoms with van der Waals surface area (Å²) in [6, 6.07) is 3.22. The summed E-state index contributed by atoms with van der Waals surface area (Å²) in [5, 5.41) is 1.10. The van der Waals surface area contributed by atoms with E-state index in [0.29, 0.717) is 45.8 Å². The van der Waals surface area contributed by atoms with Gasteiger partial charge in [0.05, 0.1) is 25.4 Å². The number of hydrogen-bond acceptors (Lipinski definition) is 5. The standard InChI is InChI=1S/C16H16O5/c1-4-6-19-13-10-5-7-20-14(10)16(18-3)15-12(13)11(17)8-9(2)21-15/h5,7-8H,4,6H2,1-3H3. The second kappa shape index (κ2) is 5.16. The first-order chi connectivity index (χ1) is 10.2. The SMILES string of the molecule is CCCOc1c2ccoc2c(OC)c2oc(C)cc(=O)c12. The molecule has 110 valence electrons. The van der Waals surface area contributed by atoms with Crippen molar-refractivity contribution in [3.8, 4) is 11.5 Å². The maximum absolute atomic E-state index is 12.4. The van der Waals surface area contributed by atoms with Gasteiger partial charge in [-0.2, -0.15) is 0 Å². The van der Waals surface area contributed by atoms with E-state index in [1.807, 2.05) is 6.92 Å². The highest BCUT2D eigenvalue weighted by atomic mass is 16.5. The number of hydrogen-bond donors (Lipinski definition) is 0. The molecule has 0 fully saturated rings. The Morgan fingerprint density at radius 2 is 2.05 bits per heavy atom. The lowest BCUT2D eigenvalue weighted by molar-refractivity contribution is 0.323. The van der Waals surface area contributed by atoms with Gasteiger partial charge in [0.1, 0.15) is 16.9 Å². The predicted octanol–water partition coefficient (Wildman–Crippen LogP) is 3.65. The molecule has 0 aliphatic heterocycles. The molecular weight excluding hydrogens is 272 g/mol. The molecule has 5 nitrogen and oxygen atoms in total. The second-order valence-corrected chi connectivity index (χ2v) is 4.80. The van der Waals surface area contributed by atoms with Gasteiger partial charge in [0.2, 0.25) is 5.75 Å². The number of methoxy groups -OCH3 is 1. The zero-order chi connectivity index (χ0) is 15.0. The maximum atomic E-state index is 12.4. The molecule has 3 aromatic rings. The van der Waals surface area contributed by atoms with Gasteiger partial charge in [0, 0.05) is 6.07 Å². The maximum Gasteiger partial charge on any atom is 0.206 e. The fraction of sp³-hybridized carbons (Fsp3) is 0.312. The quantitative estimate of drug-likeness (QED) is 0.733. The van der Waals surface area contributed by atoms with Crippen molar-refractivity contribution in [1.29, 1.82) is 0 Å². The van der Waals surface area contributed by atoms with Crippen LogP contribution in [-0.2, 0) is 0 Å². The summed E-state index contributed by atoms with van der Waals surface area (Å²) in [5.74, 6) is 1.41. The fourth-order valence-corrected chi connectivity index (χ4v) is 2.43. The molecule has 5 heteroatoms. The third-order valence-electron chi connectivity index (χ3n) is 3.27. The molecule has 0 saturated carbocycles. The van der Waals surface area contributed by atoms with Gasteiger partial charge >= 0.3 is 0 Å². The monoisotopic (exact) mass is 288 g/mol. The van der Waals surface area contributed by atoms with E-state index in [4.69, 9.17) is 18.3 Å². The summed E-state index contributed by atoms with van der Waals surface area (Å²) < 4.78 is 22.4. The van der Waals surface area contributed by atoms with Gasteiger partial charge in [-0.3, -0.25) is 4.79 Å². The van der Waals surface area contributed by atoms with Crippen molar-refractivity contribution in [3.05, 3.63) is 34.4 Å². The summed E-state index contributed by atoms with van der Waals surface area (Å²) in [5.41, 5.74) is 0.724. The van der Waals surface area contributed by atoms with Crippen LogP contribution in [0.4, 0.5) is 0 Å². The lowest BCUT2D eigenvalue weighted by Crippen LogP contribution is -2.06. The zero-order valence-electron chi connectivity index (χ0n) is 12.2. The van der Waals surface area contributed by atoms with Crippen molar-refractivity contribution in [3.63, 3.8) is 0 Å². The van der Waals surface area contributed by atoms with Crippen LogP contribution in [0, 0.1) is 6.92 Å². The molecule has 0 radical (unpaired) electrons. The topological polar surface area (TPSA) is 61.8 Å². The number of rotatable bonds is 4. The summed E-state index contributed by atoms with van der Waals surface area (Å²) in [6.07, 6.45) is 2.38. The van der Waals surface area contributed by atoms with Crippen molar-refractivity contribution in [2.75, 3.05) is 13.7 Å². The van der Waals surface area contributed by atoms with Gasteiger partial charge in [-0.15, -0.1) is 0 Å². The van der Waals surface area contributed by atoms with E-state index >= 15 is 0 Å². The number of benzene rings is 1. The van der Waals surface area contributed by atoms with Gasteiger partial charge in [-0.25, -0.2) is 0 Å². The van der Waals surface area contributed by atoms with Crippen molar-refractivity contribution >= 4 is 21.9 Å². The van der Waals surface area contributed by atoms with Crippen LogP contribution in [0.1, 0.15) is 19.1 Å². The molecule has 21 heavy (non-hydrogen) atoms.